The van der Waals surface area contributed by atoms with Crippen molar-refractivity contribution in [2.45, 2.75) is 12.3 Å². The van der Waals surface area contributed by atoms with Crippen molar-refractivity contribution >= 4 is 17.3 Å². The Labute approximate surface area is 91.6 Å². The Kier molecular flexibility index (Phi) is 2.47. The number of amides is 1. The number of nitro benzene ring substituents is 1. The number of nitrogen functional groups attached to an aromatic ring is 1. The molecule has 0 radical (unpaired) electrons. The summed E-state index contributed by atoms with van der Waals surface area (Å²) in [6.45, 7) is 0.448. The zero-order valence-electron chi connectivity index (χ0n) is 8.47. The Hall–Kier alpha value is -2.11. The average molecular weight is 221 g/mol. The molecule has 1 atom stereocenters. The SMILES string of the molecule is Nc1ccc(C2CNC(=O)C2)c([N+](=O)[O-])c1. The molecular weight excluding hydrogens is 210 g/mol. The predicted molar refractivity (Wildman–Crippen MR) is 57.9 cm³/mol. The first kappa shape index (κ1) is 10.4. The molecule has 1 amide bonds. The maximum absolute atomic E-state index is 11.1. The first-order valence-corrected chi connectivity index (χ1v) is 4.88. The van der Waals surface area contributed by atoms with E-state index in [2.05, 4.69) is 5.32 Å². The largest absolute Gasteiger partial charge is 0.399 e. The standard InChI is InChI=1S/C10H11N3O3/c11-7-1-2-8(9(4-7)13(15)16)6-3-10(14)12-5-6/h1-2,4,6H,3,5,11H2,(H,12,14). The summed E-state index contributed by atoms with van der Waals surface area (Å²) in [4.78, 5) is 21.5. The molecule has 1 unspecified atom stereocenters. The summed E-state index contributed by atoms with van der Waals surface area (Å²) in [6.07, 6.45) is 0.296. The first-order chi connectivity index (χ1) is 7.58. The molecule has 2 rings (SSSR count). The van der Waals surface area contributed by atoms with Gasteiger partial charge in [-0.2, -0.15) is 0 Å². The van der Waals surface area contributed by atoms with E-state index in [1.807, 2.05) is 0 Å². The Morgan fingerprint density at radius 2 is 2.25 bits per heavy atom. The molecule has 0 spiro atoms. The molecular formula is C10H11N3O3. The predicted octanol–water partition coefficient (Wildman–Crippen LogP) is 0.781. The van der Waals surface area contributed by atoms with Crippen LogP contribution in [0.2, 0.25) is 0 Å². The van der Waals surface area contributed by atoms with Gasteiger partial charge in [0.1, 0.15) is 0 Å². The summed E-state index contributed by atoms with van der Waals surface area (Å²) in [6, 6.07) is 4.57. The van der Waals surface area contributed by atoms with Crippen LogP contribution < -0.4 is 11.1 Å². The number of hydrogen-bond donors (Lipinski definition) is 2. The summed E-state index contributed by atoms with van der Waals surface area (Å²) in [7, 11) is 0. The van der Waals surface area contributed by atoms with Crippen molar-refractivity contribution in [3.8, 4) is 0 Å². The van der Waals surface area contributed by atoms with Gasteiger partial charge in [0, 0.05) is 36.2 Å². The highest BCUT2D eigenvalue weighted by Crippen LogP contribution is 2.32. The molecule has 1 saturated heterocycles. The lowest BCUT2D eigenvalue weighted by Gasteiger charge is -2.08. The van der Waals surface area contributed by atoms with Crippen molar-refractivity contribution < 1.29 is 9.72 Å². The van der Waals surface area contributed by atoms with Gasteiger partial charge in [0.25, 0.3) is 5.69 Å². The van der Waals surface area contributed by atoms with Gasteiger partial charge < -0.3 is 11.1 Å². The van der Waals surface area contributed by atoms with Crippen LogP contribution in [-0.2, 0) is 4.79 Å². The van der Waals surface area contributed by atoms with Crippen LogP contribution in [0.15, 0.2) is 18.2 Å². The highest BCUT2D eigenvalue weighted by molar-refractivity contribution is 5.80. The average Bonchev–Trinajstić information content (AvgIpc) is 2.64. The zero-order chi connectivity index (χ0) is 11.7. The van der Waals surface area contributed by atoms with Crippen molar-refractivity contribution in [1.82, 2.24) is 5.32 Å². The number of anilines is 1. The van der Waals surface area contributed by atoms with Gasteiger partial charge in [0.05, 0.1) is 4.92 Å². The van der Waals surface area contributed by atoms with Crippen LogP contribution in [0.4, 0.5) is 11.4 Å². The third kappa shape index (κ3) is 1.81. The third-order valence-electron chi connectivity index (χ3n) is 2.67. The number of carbonyl (C=O) groups is 1. The number of nitrogens with zero attached hydrogens (tertiary/aromatic N) is 1. The minimum atomic E-state index is -0.464. The van der Waals surface area contributed by atoms with Gasteiger partial charge in [-0.1, -0.05) is 0 Å². The quantitative estimate of drug-likeness (QED) is 0.438. The molecule has 1 heterocycles. The summed E-state index contributed by atoms with van der Waals surface area (Å²) >= 11 is 0. The first-order valence-electron chi connectivity index (χ1n) is 4.88. The number of nitrogens with two attached hydrogens (primary N) is 1. The molecule has 16 heavy (non-hydrogen) atoms. The molecule has 1 aromatic carbocycles. The molecule has 1 fully saturated rings. The zero-order valence-corrected chi connectivity index (χ0v) is 8.47. The lowest BCUT2D eigenvalue weighted by molar-refractivity contribution is -0.385. The fraction of sp³-hybridized carbons (Fsp3) is 0.300. The normalized spacial score (nSPS) is 19.5. The van der Waals surface area contributed by atoms with Crippen LogP contribution >= 0.6 is 0 Å². The number of carbonyl (C=O) groups excluding carboxylic acids is 1. The number of nitrogens with one attached hydrogen (secondary N) is 1. The fourth-order valence-electron chi connectivity index (χ4n) is 1.89. The van der Waals surface area contributed by atoms with Crippen LogP contribution in [0.5, 0.6) is 0 Å². The molecule has 0 saturated carbocycles. The van der Waals surface area contributed by atoms with Gasteiger partial charge in [-0.15, -0.1) is 0 Å². The van der Waals surface area contributed by atoms with E-state index in [0.29, 0.717) is 24.2 Å². The molecule has 6 heteroatoms. The third-order valence-corrected chi connectivity index (χ3v) is 2.67. The Morgan fingerprint density at radius 1 is 1.50 bits per heavy atom. The molecule has 3 N–H and O–H groups in total. The van der Waals surface area contributed by atoms with E-state index in [0.717, 1.165) is 0 Å². The molecule has 0 aliphatic carbocycles. The van der Waals surface area contributed by atoms with Crippen molar-refractivity contribution in [2.24, 2.45) is 0 Å². The number of nitro groups is 1. The Bertz CT molecular complexity index is 459. The molecule has 0 bridgehead atoms. The maximum Gasteiger partial charge on any atom is 0.275 e. The van der Waals surface area contributed by atoms with Crippen LogP contribution in [-0.4, -0.2) is 17.4 Å². The number of hydrogen-bond acceptors (Lipinski definition) is 4. The number of benzene rings is 1. The maximum atomic E-state index is 11.1. The van der Waals surface area contributed by atoms with E-state index in [-0.39, 0.29) is 17.5 Å². The second-order valence-corrected chi connectivity index (χ2v) is 3.78. The second-order valence-electron chi connectivity index (χ2n) is 3.78. The van der Waals surface area contributed by atoms with Crippen LogP contribution in [0.1, 0.15) is 17.9 Å². The van der Waals surface area contributed by atoms with Gasteiger partial charge in [0.2, 0.25) is 5.91 Å². The van der Waals surface area contributed by atoms with Gasteiger partial charge in [-0.05, 0) is 12.1 Å². The van der Waals surface area contributed by atoms with Crippen molar-refractivity contribution in [3.63, 3.8) is 0 Å². The van der Waals surface area contributed by atoms with E-state index in [4.69, 9.17) is 5.73 Å². The van der Waals surface area contributed by atoms with Crippen LogP contribution in [0.25, 0.3) is 0 Å². The van der Waals surface area contributed by atoms with Crippen LogP contribution in [0, 0.1) is 10.1 Å². The van der Waals surface area contributed by atoms with E-state index in [9.17, 15) is 14.9 Å². The highest BCUT2D eigenvalue weighted by atomic mass is 16.6. The molecule has 1 aromatic rings. The molecule has 1 aliphatic rings. The monoisotopic (exact) mass is 221 g/mol. The highest BCUT2D eigenvalue weighted by Gasteiger charge is 2.28. The Morgan fingerprint density at radius 3 is 2.81 bits per heavy atom. The van der Waals surface area contributed by atoms with Gasteiger partial charge in [-0.25, -0.2) is 0 Å². The van der Waals surface area contributed by atoms with Gasteiger partial charge in [0.15, 0.2) is 0 Å². The van der Waals surface area contributed by atoms with Crippen LogP contribution in [0.3, 0.4) is 0 Å². The summed E-state index contributed by atoms with van der Waals surface area (Å²) in [5.41, 5.74) is 6.41. The lowest BCUT2D eigenvalue weighted by atomic mass is 9.96. The van der Waals surface area contributed by atoms with E-state index < -0.39 is 4.92 Å². The van der Waals surface area contributed by atoms with Crippen molar-refractivity contribution in [2.75, 3.05) is 12.3 Å². The molecule has 1 aliphatic heterocycles. The minimum absolute atomic E-state index is 0.0125. The Balaban J connectivity index is 2.40. The smallest absolute Gasteiger partial charge is 0.275 e. The molecule has 84 valence electrons. The van der Waals surface area contributed by atoms with Crippen molar-refractivity contribution in [1.29, 1.82) is 0 Å². The fourth-order valence-corrected chi connectivity index (χ4v) is 1.89. The summed E-state index contributed by atoms with van der Waals surface area (Å²) < 4.78 is 0. The van der Waals surface area contributed by atoms with E-state index in [1.54, 1.807) is 12.1 Å². The second kappa shape index (κ2) is 3.80. The number of rotatable bonds is 2. The minimum Gasteiger partial charge on any atom is -0.399 e. The van der Waals surface area contributed by atoms with Crippen molar-refractivity contribution in [3.05, 3.63) is 33.9 Å². The lowest BCUT2D eigenvalue weighted by Crippen LogP contribution is -2.13. The molecule has 6 nitrogen and oxygen atoms in total. The van der Waals surface area contributed by atoms with Gasteiger partial charge >= 0.3 is 0 Å². The topological polar surface area (TPSA) is 98.3 Å². The van der Waals surface area contributed by atoms with Gasteiger partial charge in [-0.3, -0.25) is 14.9 Å². The van der Waals surface area contributed by atoms with E-state index in [1.165, 1.54) is 6.07 Å². The molecule has 0 aromatic heterocycles. The summed E-state index contributed by atoms with van der Waals surface area (Å²) in [5.74, 6) is -0.204. The summed E-state index contributed by atoms with van der Waals surface area (Å²) in [5, 5.41) is 13.5. The van der Waals surface area contributed by atoms with E-state index >= 15 is 0 Å².